The summed E-state index contributed by atoms with van der Waals surface area (Å²) in [5, 5.41) is 8.50. The van der Waals surface area contributed by atoms with Gasteiger partial charge in [0.05, 0.1) is 0 Å². The Morgan fingerprint density at radius 3 is 2.65 bits per heavy atom. The molecule has 0 fully saturated rings. The Bertz CT molecular complexity index is 681. The molecule has 0 aliphatic rings. The largest absolute Gasteiger partial charge is 0.277 e. The fourth-order valence-electron chi connectivity index (χ4n) is 1.62. The second-order valence-electron chi connectivity index (χ2n) is 3.44. The lowest BCUT2D eigenvalue weighted by molar-refractivity contribution is 1.10. The van der Waals surface area contributed by atoms with E-state index in [4.69, 9.17) is 11.6 Å². The van der Waals surface area contributed by atoms with Crippen LogP contribution in [0.25, 0.3) is 17.0 Å². The average molecular weight is 310 g/mol. The molecule has 17 heavy (non-hydrogen) atoms. The van der Waals surface area contributed by atoms with E-state index in [0.29, 0.717) is 15.4 Å². The van der Waals surface area contributed by atoms with Gasteiger partial charge < -0.3 is 0 Å². The molecule has 0 N–H and O–H groups in total. The fourth-order valence-corrected chi connectivity index (χ4v) is 2.32. The lowest BCUT2D eigenvalue weighted by Crippen LogP contribution is -1.92. The van der Waals surface area contributed by atoms with Gasteiger partial charge in [0.15, 0.2) is 16.6 Å². The average Bonchev–Trinajstić information content (AvgIpc) is 2.74. The molecule has 3 aromatic rings. The minimum Gasteiger partial charge on any atom is -0.277 e. The predicted octanol–water partition coefficient (Wildman–Crippen LogP) is 3.21. The molecule has 1 aromatic carbocycles. The first-order chi connectivity index (χ1) is 8.25. The predicted molar refractivity (Wildman–Crippen MR) is 68.9 cm³/mol. The Kier molecular flexibility index (Phi) is 2.57. The highest BCUT2D eigenvalue weighted by Crippen LogP contribution is 2.23. The maximum absolute atomic E-state index is 6.00. The molecular formula is C11H6BrClN4. The molecule has 2 heterocycles. The molecule has 4 nitrogen and oxygen atoms in total. The molecule has 0 bridgehead atoms. The standard InChI is InChI=1S/C11H6BrClN4/c12-8-6-17-10(7-4-2-1-3-5-7)15-16-11(17)9(13)14-8/h1-6H. The minimum absolute atomic E-state index is 0.328. The van der Waals surface area contributed by atoms with E-state index in [1.807, 2.05) is 34.7 Å². The van der Waals surface area contributed by atoms with Gasteiger partial charge >= 0.3 is 0 Å². The summed E-state index contributed by atoms with van der Waals surface area (Å²) >= 11 is 9.30. The smallest absolute Gasteiger partial charge is 0.198 e. The summed E-state index contributed by atoms with van der Waals surface area (Å²) < 4.78 is 2.46. The number of nitrogens with zero attached hydrogens (tertiary/aromatic N) is 4. The van der Waals surface area contributed by atoms with E-state index in [2.05, 4.69) is 31.1 Å². The van der Waals surface area contributed by atoms with Crippen LogP contribution in [-0.4, -0.2) is 19.6 Å². The van der Waals surface area contributed by atoms with Gasteiger partial charge in [-0.1, -0.05) is 41.9 Å². The second-order valence-corrected chi connectivity index (χ2v) is 4.61. The summed E-state index contributed by atoms with van der Waals surface area (Å²) in [6.07, 6.45) is 1.80. The Morgan fingerprint density at radius 2 is 1.88 bits per heavy atom. The summed E-state index contributed by atoms with van der Waals surface area (Å²) in [5.74, 6) is 0.741. The topological polar surface area (TPSA) is 43.1 Å². The monoisotopic (exact) mass is 308 g/mol. The van der Waals surface area contributed by atoms with Crippen molar-refractivity contribution in [2.24, 2.45) is 0 Å². The van der Waals surface area contributed by atoms with Crippen molar-refractivity contribution in [1.29, 1.82) is 0 Å². The number of benzene rings is 1. The summed E-state index contributed by atoms with van der Waals surface area (Å²) in [4.78, 5) is 4.07. The number of halogens is 2. The van der Waals surface area contributed by atoms with Crippen LogP contribution < -0.4 is 0 Å². The molecule has 6 heteroatoms. The number of rotatable bonds is 1. The first-order valence-electron chi connectivity index (χ1n) is 4.88. The first-order valence-corrected chi connectivity index (χ1v) is 6.05. The molecule has 0 spiro atoms. The van der Waals surface area contributed by atoms with E-state index < -0.39 is 0 Å². The van der Waals surface area contributed by atoms with Crippen molar-refractivity contribution >= 4 is 33.2 Å². The normalized spacial score (nSPS) is 10.9. The Labute approximate surface area is 110 Å². The van der Waals surface area contributed by atoms with Gasteiger partial charge in [0.1, 0.15) is 4.60 Å². The molecule has 0 radical (unpaired) electrons. The summed E-state index contributed by atoms with van der Waals surface area (Å²) in [5.41, 5.74) is 1.53. The van der Waals surface area contributed by atoms with Gasteiger partial charge in [0, 0.05) is 11.8 Å². The molecular weight excluding hydrogens is 304 g/mol. The highest BCUT2D eigenvalue weighted by Gasteiger charge is 2.11. The van der Waals surface area contributed by atoms with Crippen molar-refractivity contribution in [1.82, 2.24) is 19.6 Å². The van der Waals surface area contributed by atoms with Crippen molar-refractivity contribution in [3.63, 3.8) is 0 Å². The van der Waals surface area contributed by atoms with E-state index in [0.717, 1.165) is 11.4 Å². The van der Waals surface area contributed by atoms with Crippen LogP contribution in [0.1, 0.15) is 0 Å². The van der Waals surface area contributed by atoms with Gasteiger partial charge in [-0.3, -0.25) is 4.40 Å². The van der Waals surface area contributed by atoms with Gasteiger partial charge in [0.2, 0.25) is 0 Å². The molecule has 84 valence electrons. The zero-order chi connectivity index (χ0) is 11.8. The highest BCUT2D eigenvalue weighted by atomic mass is 79.9. The Hall–Kier alpha value is -1.46. The maximum Gasteiger partial charge on any atom is 0.198 e. The van der Waals surface area contributed by atoms with Crippen molar-refractivity contribution in [2.45, 2.75) is 0 Å². The molecule has 0 saturated carbocycles. The fraction of sp³-hybridized carbons (Fsp3) is 0. The van der Waals surface area contributed by atoms with E-state index in [1.165, 1.54) is 0 Å². The van der Waals surface area contributed by atoms with Crippen LogP contribution in [0.3, 0.4) is 0 Å². The lowest BCUT2D eigenvalue weighted by Gasteiger charge is -2.00. The third-order valence-corrected chi connectivity index (χ3v) is 2.99. The lowest BCUT2D eigenvalue weighted by atomic mass is 10.2. The van der Waals surface area contributed by atoms with E-state index in [1.54, 1.807) is 6.20 Å². The van der Waals surface area contributed by atoms with E-state index >= 15 is 0 Å². The van der Waals surface area contributed by atoms with Crippen molar-refractivity contribution < 1.29 is 0 Å². The van der Waals surface area contributed by atoms with Gasteiger partial charge in [-0.15, -0.1) is 10.2 Å². The summed E-state index contributed by atoms with van der Waals surface area (Å²) in [7, 11) is 0. The summed E-state index contributed by atoms with van der Waals surface area (Å²) in [6.45, 7) is 0. The van der Waals surface area contributed by atoms with Crippen LogP contribution in [0.2, 0.25) is 5.15 Å². The molecule has 0 saturated heterocycles. The zero-order valence-corrected chi connectivity index (χ0v) is 10.9. The van der Waals surface area contributed by atoms with Gasteiger partial charge in [0.25, 0.3) is 0 Å². The van der Waals surface area contributed by atoms with Crippen LogP contribution in [-0.2, 0) is 0 Å². The summed E-state index contributed by atoms with van der Waals surface area (Å²) in [6, 6.07) is 9.80. The highest BCUT2D eigenvalue weighted by molar-refractivity contribution is 9.10. The van der Waals surface area contributed by atoms with Gasteiger partial charge in [-0.05, 0) is 15.9 Å². The van der Waals surface area contributed by atoms with Crippen LogP contribution in [0, 0.1) is 0 Å². The second kappa shape index (κ2) is 4.09. The zero-order valence-electron chi connectivity index (χ0n) is 8.51. The van der Waals surface area contributed by atoms with Crippen LogP contribution in [0.5, 0.6) is 0 Å². The number of aromatic nitrogens is 4. The van der Waals surface area contributed by atoms with E-state index in [9.17, 15) is 0 Å². The molecule has 0 unspecified atom stereocenters. The third kappa shape index (κ3) is 1.81. The van der Waals surface area contributed by atoms with Crippen LogP contribution in [0.4, 0.5) is 0 Å². The Balaban J connectivity index is 2.32. The van der Waals surface area contributed by atoms with Crippen molar-refractivity contribution in [3.8, 4) is 11.4 Å². The third-order valence-electron chi connectivity index (χ3n) is 2.35. The number of hydrogen-bond acceptors (Lipinski definition) is 3. The molecule has 0 aliphatic heterocycles. The minimum atomic E-state index is 0.328. The van der Waals surface area contributed by atoms with Crippen molar-refractivity contribution in [2.75, 3.05) is 0 Å². The molecule has 0 atom stereocenters. The van der Waals surface area contributed by atoms with Gasteiger partial charge in [-0.25, -0.2) is 4.98 Å². The van der Waals surface area contributed by atoms with Gasteiger partial charge in [-0.2, -0.15) is 0 Å². The molecule has 0 amide bonds. The molecule has 2 aromatic heterocycles. The van der Waals surface area contributed by atoms with E-state index in [-0.39, 0.29) is 0 Å². The first kappa shape index (κ1) is 10.7. The van der Waals surface area contributed by atoms with Crippen LogP contribution >= 0.6 is 27.5 Å². The van der Waals surface area contributed by atoms with Crippen LogP contribution in [0.15, 0.2) is 41.1 Å². The number of fused-ring (bicyclic) bond motifs is 1. The molecule has 3 rings (SSSR count). The maximum atomic E-state index is 6.00. The Morgan fingerprint density at radius 1 is 1.12 bits per heavy atom. The quantitative estimate of drug-likeness (QED) is 0.693. The van der Waals surface area contributed by atoms with Crippen molar-refractivity contribution in [3.05, 3.63) is 46.3 Å². The molecule has 0 aliphatic carbocycles. The number of hydrogen-bond donors (Lipinski definition) is 0. The SMILES string of the molecule is Clc1nc(Br)cn2c(-c3ccccc3)nnc12.